The molecule has 1 atom stereocenters. The maximum absolute atomic E-state index is 9.78. The summed E-state index contributed by atoms with van der Waals surface area (Å²) in [5.41, 5.74) is 2.52. The van der Waals surface area contributed by atoms with Crippen LogP contribution in [0.2, 0.25) is 0 Å². The number of nitrogens with zero attached hydrogens (tertiary/aromatic N) is 2. The van der Waals surface area contributed by atoms with Crippen molar-refractivity contribution in [1.82, 2.24) is 15.5 Å². The van der Waals surface area contributed by atoms with Crippen LogP contribution in [0.1, 0.15) is 35.9 Å². The predicted octanol–water partition coefficient (Wildman–Crippen LogP) is 2.48. The van der Waals surface area contributed by atoms with Crippen molar-refractivity contribution in [3.8, 4) is 17.1 Å². The van der Waals surface area contributed by atoms with Crippen LogP contribution in [-0.2, 0) is 0 Å². The molecule has 19 heavy (non-hydrogen) atoms. The summed E-state index contributed by atoms with van der Waals surface area (Å²) in [6.45, 7) is 4.73. The van der Waals surface area contributed by atoms with Crippen molar-refractivity contribution in [2.24, 2.45) is 0 Å². The van der Waals surface area contributed by atoms with E-state index in [1.165, 1.54) is 0 Å². The SMILES string of the molecule is Cc1cc(-c2noc([C@@H]3CCCN3)n2)cc(C)c1O. The molecule has 5 nitrogen and oxygen atoms in total. The number of phenols is 1. The Morgan fingerprint density at radius 1 is 1.32 bits per heavy atom. The Labute approximate surface area is 111 Å². The average molecular weight is 259 g/mol. The molecule has 5 heteroatoms. The van der Waals surface area contributed by atoms with Gasteiger partial charge in [-0.3, -0.25) is 0 Å². The summed E-state index contributed by atoms with van der Waals surface area (Å²) in [4.78, 5) is 4.45. The lowest BCUT2D eigenvalue weighted by Gasteiger charge is -2.05. The lowest BCUT2D eigenvalue weighted by molar-refractivity contribution is 0.345. The van der Waals surface area contributed by atoms with E-state index in [4.69, 9.17) is 4.52 Å². The Morgan fingerprint density at radius 2 is 2.05 bits per heavy atom. The largest absolute Gasteiger partial charge is 0.507 e. The monoisotopic (exact) mass is 259 g/mol. The lowest BCUT2D eigenvalue weighted by atomic mass is 10.1. The summed E-state index contributed by atoms with van der Waals surface area (Å²) in [5.74, 6) is 1.55. The number of phenolic OH excluding ortho intramolecular Hbond substituents is 1. The van der Waals surface area contributed by atoms with Crippen molar-refractivity contribution >= 4 is 0 Å². The Kier molecular flexibility index (Phi) is 2.98. The van der Waals surface area contributed by atoms with Crippen molar-refractivity contribution in [3.05, 3.63) is 29.2 Å². The number of benzene rings is 1. The van der Waals surface area contributed by atoms with Crippen LogP contribution < -0.4 is 5.32 Å². The smallest absolute Gasteiger partial charge is 0.244 e. The molecule has 0 saturated carbocycles. The molecule has 0 bridgehead atoms. The highest BCUT2D eigenvalue weighted by Crippen LogP contribution is 2.29. The van der Waals surface area contributed by atoms with Crippen LogP contribution in [0.4, 0.5) is 0 Å². The molecule has 2 aromatic rings. The third kappa shape index (κ3) is 2.21. The van der Waals surface area contributed by atoms with Crippen LogP contribution >= 0.6 is 0 Å². The molecule has 1 aromatic carbocycles. The number of aromatic hydroxyl groups is 1. The molecular weight excluding hydrogens is 242 g/mol. The molecule has 1 saturated heterocycles. The minimum absolute atomic E-state index is 0.181. The maximum Gasteiger partial charge on any atom is 0.244 e. The highest BCUT2D eigenvalue weighted by Gasteiger charge is 2.22. The number of nitrogens with one attached hydrogen (secondary N) is 1. The van der Waals surface area contributed by atoms with Gasteiger partial charge in [0.15, 0.2) is 0 Å². The fourth-order valence-corrected chi connectivity index (χ4v) is 2.47. The van der Waals surface area contributed by atoms with Crippen LogP contribution in [0.3, 0.4) is 0 Å². The molecule has 0 spiro atoms. The van der Waals surface area contributed by atoms with E-state index in [0.29, 0.717) is 17.5 Å². The number of aryl methyl sites for hydroxylation is 2. The lowest BCUT2D eigenvalue weighted by Crippen LogP contribution is -2.12. The van der Waals surface area contributed by atoms with Crippen LogP contribution in [-0.4, -0.2) is 21.8 Å². The van der Waals surface area contributed by atoms with Gasteiger partial charge in [-0.25, -0.2) is 0 Å². The van der Waals surface area contributed by atoms with Gasteiger partial charge in [0.25, 0.3) is 0 Å². The van der Waals surface area contributed by atoms with Gasteiger partial charge in [0.1, 0.15) is 5.75 Å². The van der Waals surface area contributed by atoms with Gasteiger partial charge in [-0.05, 0) is 56.5 Å². The van der Waals surface area contributed by atoms with Gasteiger partial charge in [-0.2, -0.15) is 4.98 Å². The zero-order chi connectivity index (χ0) is 13.4. The van der Waals surface area contributed by atoms with Gasteiger partial charge in [0, 0.05) is 5.56 Å². The number of hydrogen-bond donors (Lipinski definition) is 2. The summed E-state index contributed by atoms with van der Waals surface area (Å²) in [5, 5.41) is 17.1. The first-order valence-electron chi connectivity index (χ1n) is 6.52. The first-order chi connectivity index (χ1) is 9.15. The van der Waals surface area contributed by atoms with Gasteiger partial charge in [0.2, 0.25) is 11.7 Å². The summed E-state index contributed by atoms with van der Waals surface area (Å²) in [7, 11) is 0. The van der Waals surface area contributed by atoms with E-state index in [-0.39, 0.29) is 6.04 Å². The van der Waals surface area contributed by atoms with Gasteiger partial charge < -0.3 is 14.9 Å². The van der Waals surface area contributed by atoms with E-state index in [0.717, 1.165) is 36.1 Å². The Hall–Kier alpha value is -1.88. The van der Waals surface area contributed by atoms with Crippen LogP contribution in [0.5, 0.6) is 5.75 Å². The molecule has 0 unspecified atom stereocenters. The molecule has 2 N–H and O–H groups in total. The highest BCUT2D eigenvalue weighted by atomic mass is 16.5. The normalized spacial score (nSPS) is 18.9. The third-order valence-electron chi connectivity index (χ3n) is 3.55. The van der Waals surface area contributed by atoms with Crippen molar-refractivity contribution in [2.45, 2.75) is 32.7 Å². The zero-order valence-electron chi connectivity index (χ0n) is 11.1. The van der Waals surface area contributed by atoms with E-state index in [1.54, 1.807) is 0 Å². The van der Waals surface area contributed by atoms with Crippen molar-refractivity contribution in [3.63, 3.8) is 0 Å². The molecule has 1 aliphatic rings. The molecule has 1 aliphatic heterocycles. The number of aromatic nitrogens is 2. The van der Waals surface area contributed by atoms with E-state index in [2.05, 4.69) is 15.5 Å². The minimum atomic E-state index is 0.181. The maximum atomic E-state index is 9.78. The van der Waals surface area contributed by atoms with E-state index in [1.807, 2.05) is 26.0 Å². The molecule has 100 valence electrons. The fraction of sp³-hybridized carbons (Fsp3) is 0.429. The van der Waals surface area contributed by atoms with Crippen LogP contribution in [0.25, 0.3) is 11.4 Å². The Morgan fingerprint density at radius 3 is 2.68 bits per heavy atom. The highest BCUT2D eigenvalue weighted by molar-refractivity contribution is 5.60. The number of hydrogen-bond acceptors (Lipinski definition) is 5. The molecule has 0 amide bonds. The molecule has 2 heterocycles. The second-order valence-corrected chi connectivity index (χ2v) is 5.06. The molecule has 0 aliphatic carbocycles. The summed E-state index contributed by atoms with van der Waals surface area (Å²) < 4.78 is 5.33. The van der Waals surface area contributed by atoms with Gasteiger partial charge in [-0.15, -0.1) is 0 Å². The predicted molar refractivity (Wildman–Crippen MR) is 70.9 cm³/mol. The van der Waals surface area contributed by atoms with Crippen LogP contribution in [0, 0.1) is 13.8 Å². The quantitative estimate of drug-likeness (QED) is 0.867. The molecule has 0 radical (unpaired) electrons. The summed E-state index contributed by atoms with van der Waals surface area (Å²) in [6.07, 6.45) is 2.18. The summed E-state index contributed by atoms with van der Waals surface area (Å²) in [6, 6.07) is 3.93. The topological polar surface area (TPSA) is 71.2 Å². The fourth-order valence-electron chi connectivity index (χ4n) is 2.47. The van der Waals surface area contributed by atoms with Gasteiger partial charge >= 0.3 is 0 Å². The standard InChI is InChI=1S/C14H17N3O2/c1-8-6-10(7-9(2)12(8)18)13-16-14(19-17-13)11-4-3-5-15-11/h6-7,11,15,18H,3-5H2,1-2H3/t11-/m0/s1. The zero-order valence-corrected chi connectivity index (χ0v) is 11.1. The van der Waals surface area contributed by atoms with Crippen molar-refractivity contribution in [2.75, 3.05) is 6.54 Å². The first kappa shape index (κ1) is 12.2. The van der Waals surface area contributed by atoms with Gasteiger partial charge in [0.05, 0.1) is 6.04 Å². The van der Waals surface area contributed by atoms with Crippen LogP contribution in [0.15, 0.2) is 16.7 Å². The van der Waals surface area contributed by atoms with Crippen molar-refractivity contribution < 1.29 is 9.63 Å². The molecule has 1 aromatic heterocycles. The molecular formula is C14H17N3O2. The Balaban J connectivity index is 1.94. The minimum Gasteiger partial charge on any atom is -0.507 e. The van der Waals surface area contributed by atoms with E-state index < -0.39 is 0 Å². The Bertz CT molecular complexity index is 577. The van der Waals surface area contributed by atoms with Gasteiger partial charge in [-0.1, -0.05) is 5.16 Å². The average Bonchev–Trinajstić information content (AvgIpc) is 3.05. The molecule has 1 fully saturated rings. The second kappa shape index (κ2) is 4.66. The van der Waals surface area contributed by atoms with Crippen molar-refractivity contribution in [1.29, 1.82) is 0 Å². The first-order valence-corrected chi connectivity index (χ1v) is 6.52. The second-order valence-electron chi connectivity index (χ2n) is 5.06. The third-order valence-corrected chi connectivity index (χ3v) is 3.55. The van der Waals surface area contributed by atoms with E-state index >= 15 is 0 Å². The molecule has 3 rings (SSSR count). The van der Waals surface area contributed by atoms with E-state index in [9.17, 15) is 5.11 Å². The summed E-state index contributed by atoms with van der Waals surface area (Å²) >= 11 is 0. The number of rotatable bonds is 2.